The van der Waals surface area contributed by atoms with Gasteiger partial charge in [0.1, 0.15) is 0 Å². The summed E-state index contributed by atoms with van der Waals surface area (Å²) >= 11 is 5.98. The molecular formula is C13H12ClN3O. The van der Waals surface area contributed by atoms with Crippen molar-refractivity contribution in [3.05, 3.63) is 52.8 Å². The maximum Gasteiger partial charge on any atom is 0.255 e. The number of nitrogens with two attached hydrogens (primary N) is 1. The summed E-state index contributed by atoms with van der Waals surface area (Å²) in [5.74, 6) is -0.243. The lowest BCUT2D eigenvalue weighted by Gasteiger charge is -2.08. The summed E-state index contributed by atoms with van der Waals surface area (Å²) in [5, 5.41) is 3.16. The summed E-state index contributed by atoms with van der Waals surface area (Å²) in [5.41, 5.74) is 7.99. The second-order valence-electron chi connectivity index (χ2n) is 3.88. The summed E-state index contributed by atoms with van der Waals surface area (Å²) < 4.78 is 0. The molecule has 0 atom stereocenters. The van der Waals surface area contributed by atoms with Crippen molar-refractivity contribution in [1.82, 2.24) is 4.98 Å². The van der Waals surface area contributed by atoms with E-state index < -0.39 is 0 Å². The Kier molecular flexibility index (Phi) is 3.48. The van der Waals surface area contributed by atoms with Gasteiger partial charge in [0.25, 0.3) is 5.91 Å². The Morgan fingerprint density at radius 1 is 1.33 bits per heavy atom. The van der Waals surface area contributed by atoms with E-state index in [1.807, 2.05) is 6.92 Å². The smallest absolute Gasteiger partial charge is 0.255 e. The molecule has 0 unspecified atom stereocenters. The molecule has 1 aromatic carbocycles. The maximum atomic E-state index is 12.0. The molecule has 92 valence electrons. The van der Waals surface area contributed by atoms with Gasteiger partial charge in [0.05, 0.1) is 10.7 Å². The summed E-state index contributed by atoms with van der Waals surface area (Å²) in [6, 6.07) is 8.28. The fraction of sp³-hybridized carbons (Fsp3) is 0.0769. The fourth-order valence-corrected chi connectivity index (χ4v) is 1.68. The van der Waals surface area contributed by atoms with Crippen LogP contribution < -0.4 is 11.1 Å². The molecule has 0 bridgehead atoms. The molecule has 0 fully saturated rings. The first-order chi connectivity index (χ1) is 8.56. The zero-order valence-electron chi connectivity index (χ0n) is 9.77. The first kappa shape index (κ1) is 12.4. The van der Waals surface area contributed by atoms with Gasteiger partial charge >= 0.3 is 0 Å². The Labute approximate surface area is 110 Å². The summed E-state index contributed by atoms with van der Waals surface area (Å²) in [4.78, 5) is 16.0. The average Bonchev–Trinajstić information content (AvgIpc) is 2.34. The van der Waals surface area contributed by atoms with Gasteiger partial charge in [-0.25, -0.2) is 0 Å². The van der Waals surface area contributed by atoms with Crippen molar-refractivity contribution in [3.63, 3.8) is 0 Å². The number of aryl methyl sites for hydroxylation is 1. The minimum atomic E-state index is -0.243. The fourth-order valence-electron chi connectivity index (χ4n) is 1.52. The molecule has 0 aliphatic rings. The van der Waals surface area contributed by atoms with Crippen LogP contribution in [-0.4, -0.2) is 10.9 Å². The largest absolute Gasteiger partial charge is 0.399 e. The number of rotatable bonds is 2. The van der Waals surface area contributed by atoms with Crippen LogP contribution in [0.2, 0.25) is 5.02 Å². The number of carbonyl (C=O) groups excluding carboxylic acids is 1. The normalized spacial score (nSPS) is 10.1. The number of anilines is 2. The molecule has 1 aromatic heterocycles. The predicted octanol–water partition coefficient (Wildman–Crippen LogP) is 2.88. The van der Waals surface area contributed by atoms with E-state index >= 15 is 0 Å². The third kappa shape index (κ3) is 2.78. The van der Waals surface area contributed by atoms with Crippen LogP contribution in [0.4, 0.5) is 11.4 Å². The van der Waals surface area contributed by atoms with Gasteiger partial charge in [-0.15, -0.1) is 0 Å². The summed E-state index contributed by atoms with van der Waals surface area (Å²) in [7, 11) is 0. The highest BCUT2D eigenvalue weighted by Crippen LogP contribution is 2.24. The number of halogens is 1. The third-order valence-corrected chi connectivity index (χ3v) is 2.73. The Hall–Kier alpha value is -2.07. The highest BCUT2D eigenvalue weighted by molar-refractivity contribution is 6.34. The number of carbonyl (C=O) groups is 1. The van der Waals surface area contributed by atoms with Crippen LogP contribution in [0.5, 0.6) is 0 Å². The number of amides is 1. The van der Waals surface area contributed by atoms with Crippen LogP contribution in [0, 0.1) is 6.92 Å². The number of aromatic nitrogens is 1. The van der Waals surface area contributed by atoms with E-state index in [4.69, 9.17) is 17.3 Å². The van der Waals surface area contributed by atoms with Crippen molar-refractivity contribution in [2.24, 2.45) is 0 Å². The van der Waals surface area contributed by atoms with E-state index in [9.17, 15) is 4.79 Å². The monoisotopic (exact) mass is 261 g/mol. The second kappa shape index (κ2) is 5.06. The molecule has 1 amide bonds. The number of pyridine rings is 1. The van der Waals surface area contributed by atoms with Gasteiger partial charge in [-0.3, -0.25) is 9.78 Å². The van der Waals surface area contributed by atoms with Crippen LogP contribution in [0.3, 0.4) is 0 Å². The minimum Gasteiger partial charge on any atom is -0.399 e. The number of hydrogen-bond donors (Lipinski definition) is 2. The lowest BCUT2D eigenvalue weighted by molar-refractivity contribution is 0.102. The Morgan fingerprint density at radius 3 is 2.83 bits per heavy atom. The third-order valence-electron chi connectivity index (χ3n) is 2.40. The Morgan fingerprint density at radius 2 is 2.11 bits per heavy atom. The molecule has 1 heterocycles. The Balaban J connectivity index is 2.24. The molecule has 3 N–H and O–H groups in total. The number of nitrogens with zero attached hydrogens (tertiary/aromatic N) is 1. The first-order valence-corrected chi connectivity index (χ1v) is 5.73. The molecular weight excluding hydrogens is 250 g/mol. The van der Waals surface area contributed by atoms with Gasteiger partial charge in [-0.05, 0) is 37.3 Å². The van der Waals surface area contributed by atoms with Gasteiger partial charge in [-0.1, -0.05) is 11.6 Å². The van der Waals surface area contributed by atoms with Crippen LogP contribution >= 0.6 is 11.6 Å². The Bertz CT molecular complexity index is 599. The number of hydrogen-bond acceptors (Lipinski definition) is 3. The first-order valence-electron chi connectivity index (χ1n) is 5.35. The van der Waals surface area contributed by atoms with Crippen LogP contribution in [0.1, 0.15) is 16.1 Å². The van der Waals surface area contributed by atoms with Crippen molar-refractivity contribution in [3.8, 4) is 0 Å². The van der Waals surface area contributed by atoms with E-state index in [1.54, 1.807) is 36.5 Å². The van der Waals surface area contributed by atoms with Gasteiger partial charge in [0, 0.05) is 23.1 Å². The lowest BCUT2D eigenvalue weighted by atomic mass is 10.2. The minimum absolute atomic E-state index is 0.243. The maximum absolute atomic E-state index is 12.0. The van der Waals surface area contributed by atoms with Crippen molar-refractivity contribution >= 4 is 28.9 Å². The molecule has 18 heavy (non-hydrogen) atoms. The van der Waals surface area contributed by atoms with E-state index in [0.29, 0.717) is 22.0 Å². The molecule has 0 aliphatic heterocycles. The van der Waals surface area contributed by atoms with Gasteiger partial charge in [0.15, 0.2) is 0 Å². The number of nitrogen functional groups attached to an aromatic ring is 1. The van der Waals surface area contributed by atoms with Gasteiger partial charge < -0.3 is 11.1 Å². The lowest BCUT2D eigenvalue weighted by Crippen LogP contribution is -2.12. The highest BCUT2D eigenvalue weighted by atomic mass is 35.5. The predicted molar refractivity (Wildman–Crippen MR) is 72.8 cm³/mol. The van der Waals surface area contributed by atoms with Crippen molar-refractivity contribution < 1.29 is 4.79 Å². The molecule has 0 saturated carbocycles. The molecule has 2 rings (SSSR count). The SMILES string of the molecule is Cc1cc(C(=O)Nc2cc(N)ccc2Cl)ccn1. The van der Waals surface area contributed by atoms with Crippen molar-refractivity contribution in [2.45, 2.75) is 6.92 Å². The van der Waals surface area contributed by atoms with Crippen molar-refractivity contribution in [1.29, 1.82) is 0 Å². The van der Waals surface area contributed by atoms with Gasteiger partial charge in [0.2, 0.25) is 0 Å². The highest BCUT2D eigenvalue weighted by Gasteiger charge is 2.09. The van der Waals surface area contributed by atoms with E-state index in [-0.39, 0.29) is 5.91 Å². The van der Waals surface area contributed by atoms with E-state index in [1.165, 1.54) is 0 Å². The van der Waals surface area contributed by atoms with Crippen LogP contribution in [0.15, 0.2) is 36.5 Å². The van der Waals surface area contributed by atoms with E-state index in [2.05, 4.69) is 10.3 Å². The molecule has 0 aliphatic carbocycles. The van der Waals surface area contributed by atoms with Crippen LogP contribution in [0.25, 0.3) is 0 Å². The van der Waals surface area contributed by atoms with Crippen molar-refractivity contribution in [2.75, 3.05) is 11.1 Å². The molecule has 4 nitrogen and oxygen atoms in total. The van der Waals surface area contributed by atoms with Gasteiger partial charge in [-0.2, -0.15) is 0 Å². The summed E-state index contributed by atoms with van der Waals surface area (Å²) in [6.07, 6.45) is 1.59. The summed E-state index contributed by atoms with van der Waals surface area (Å²) in [6.45, 7) is 1.82. The number of benzene rings is 1. The quantitative estimate of drug-likeness (QED) is 0.817. The molecule has 0 saturated heterocycles. The molecule has 5 heteroatoms. The standard InChI is InChI=1S/C13H12ClN3O/c1-8-6-9(4-5-16-8)13(18)17-12-7-10(15)2-3-11(12)14/h2-7H,15H2,1H3,(H,17,18). The molecule has 0 radical (unpaired) electrons. The van der Waals surface area contributed by atoms with Crippen LogP contribution in [-0.2, 0) is 0 Å². The zero-order valence-corrected chi connectivity index (χ0v) is 10.5. The topological polar surface area (TPSA) is 68.0 Å². The zero-order chi connectivity index (χ0) is 13.1. The van der Waals surface area contributed by atoms with E-state index in [0.717, 1.165) is 5.69 Å². The average molecular weight is 262 g/mol. The number of nitrogens with one attached hydrogen (secondary N) is 1. The molecule has 2 aromatic rings. The molecule has 0 spiro atoms. The second-order valence-corrected chi connectivity index (χ2v) is 4.29.